The summed E-state index contributed by atoms with van der Waals surface area (Å²) in [4.78, 5) is 29.7. The zero-order valence-electron chi connectivity index (χ0n) is 28.9. The monoisotopic (exact) mass is 617 g/mol. The Morgan fingerprint density at radius 2 is 1.44 bits per heavy atom. The Kier molecular flexibility index (Phi) is 12.3. The van der Waals surface area contributed by atoms with E-state index in [2.05, 4.69) is 105 Å². The van der Waals surface area contributed by atoms with Crippen LogP contribution in [0, 0.1) is 0 Å². The van der Waals surface area contributed by atoms with Crippen LogP contribution < -0.4 is 5.32 Å². The fourth-order valence-electron chi connectivity index (χ4n) is 7.18. The SMILES string of the molecule is CC(C)(C)c1ccc(C2CCN(C3CCCCN3CCCNC(=O)CC(CCC(=O)O)c3ccc(C(C)(C)C)cc3)CC2)cc1. The van der Waals surface area contributed by atoms with Gasteiger partial charge in [0.2, 0.25) is 5.91 Å². The molecule has 2 N–H and O–H groups in total. The maximum absolute atomic E-state index is 13.0. The number of carboxylic acids is 1. The maximum atomic E-state index is 13.0. The van der Waals surface area contributed by atoms with Gasteiger partial charge in [-0.3, -0.25) is 19.4 Å². The summed E-state index contributed by atoms with van der Waals surface area (Å²) in [5.41, 5.74) is 5.42. The fourth-order valence-corrected chi connectivity index (χ4v) is 7.18. The van der Waals surface area contributed by atoms with Gasteiger partial charge in [-0.2, -0.15) is 0 Å². The van der Waals surface area contributed by atoms with Gasteiger partial charge in [-0.25, -0.2) is 0 Å². The molecular formula is C39H59N3O3. The molecule has 0 spiro atoms. The van der Waals surface area contributed by atoms with E-state index < -0.39 is 5.97 Å². The molecule has 2 fully saturated rings. The quantitative estimate of drug-likeness (QED) is 0.238. The van der Waals surface area contributed by atoms with Crippen LogP contribution in [-0.4, -0.2) is 65.7 Å². The average Bonchev–Trinajstić information content (AvgIpc) is 3.01. The van der Waals surface area contributed by atoms with E-state index in [9.17, 15) is 14.7 Å². The van der Waals surface area contributed by atoms with Gasteiger partial charge in [0, 0.05) is 39.0 Å². The van der Waals surface area contributed by atoms with Crippen molar-refractivity contribution >= 4 is 11.9 Å². The summed E-state index contributed by atoms with van der Waals surface area (Å²) in [6, 6.07) is 17.7. The first kappa shape index (κ1) is 35.2. The topological polar surface area (TPSA) is 72.9 Å². The molecule has 0 radical (unpaired) electrons. The Balaban J connectivity index is 1.23. The first-order chi connectivity index (χ1) is 21.3. The van der Waals surface area contributed by atoms with Crippen LogP contribution in [0.4, 0.5) is 0 Å². The molecule has 4 rings (SSSR count). The van der Waals surface area contributed by atoms with Crippen molar-refractivity contribution in [1.29, 1.82) is 0 Å². The number of aliphatic carboxylic acids is 1. The van der Waals surface area contributed by atoms with Crippen LogP contribution in [0.25, 0.3) is 0 Å². The van der Waals surface area contributed by atoms with Gasteiger partial charge in [-0.15, -0.1) is 0 Å². The van der Waals surface area contributed by atoms with Crippen molar-refractivity contribution in [1.82, 2.24) is 15.1 Å². The third-order valence-corrected chi connectivity index (χ3v) is 10.1. The van der Waals surface area contributed by atoms with Gasteiger partial charge in [0.1, 0.15) is 0 Å². The summed E-state index contributed by atoms with van der Waals surface area (Å²) in [5.74, 6) is -0.251. The minimum absolute atomic E-state index is 0.0121. The maximum Gasteiger partial charge on any atom is 0.303 e. The third kappa shape index (κ3) is 10.4. The lowest BCUT2D eigenvalue weighted by atomic mass is 9.83. The number of carbonyl (C=O) groups excluding carboxylic acids is 1. The Hall–Kier alpha value is -2.70. The minimum atomic E-state index is -0.818. The normalized spacial score (nSPS) is 19.7. The molecule has 2 aromatic rings. The van der Waals surface area contributed by atoms with Crippen LogP contribution in [0.5, 0.6) is 0 Å². The lowest BCUT2D eigenvalue weighted by molar-refractivity contribution is -0.137. The molecule has 0 aromatic heterocycles. The van der Waals surface area contributed by atoms with Gasteiger partial charge in [0.25, 0.3) is 0 Å². The minimum Gasteiger partial charge on any atom is -0.481 e. The molecule has 2 aliphatic heterocycles. The second kappa shape index (κ2) is 15.7. The highest BCUT2D eigenvalue weighted by molar-refractivity contribution is 5.77. The van der Waals surface area contributed by atoms with Crippen LogP contribution in [-0.2, 0) is 20.4 Å². The predicted octanol–water partition coefficient (Wildman–Crippen LogP) is 7.82. The smallest absolute Gasteiger partial charge is 0.303 e. The zero-order valence-corrected chi connectivity index (χ0v) is 28.9. The van der Waals surface area contributed by atoms with E-state index in [-0.39, 0.29) is 29.1 Å². The van der Waals surface area contributed by atoms with Crippen LogP contribution in [0.15, 0.2) is 48.5 Å². The second-order valence-corrected chi connectivity index (χ2v) is 15.6. The Morgan fingerprint density at radius 1 is 0.844 bits per heavy atom. The summed E-state index contributed by atoms with van der Waals surface area (Å²) in [6.45, 7) is 18.5. The van der Waals surface area contributed by atoms with Gasteiger partial charge in [-0.05, 0) is 96.4 Å². The summed E-state index contributed by atoms with van der Waals surface area (Å²) in [6.07, 6.45) is 8.50. The first-order valence-electron chi connectivity index (χ1n) is 17.5. The molecule has 45 heavy (non-hydrogen) atoms. The van der Waals surface area contributed by atoms with Crippen molar-refractivity contribution < 1.29 is 14.7 Å². The first-order valence-corrected chi connectivity index (χ1v) is 17.5. The molecule has 0 aliphatic carbocycles. The van der Waals surface area contributed by atoms with Crippen molar-refractivity contribution in [2.75, 3.05) is 32.7 Å². The van der Waals surface area contributed by atoms with Crippen molar-refractivity contribution in [2.24, 2.45) is 0 Å². The number of amides is 1. The summed E-state index contributed by atoms with van der Waals surface area (Å²) < 4.78 is 0. The molecular weight excluding hydrogens is 558 g/mol. The number of carbonyl (C=O) groups is 2. The van der Waals surface area contributed by atoms with Gasteiger partial charge in [0.15, 0.2) is 0 Å². The van der Waals surface area contributed by atoms with Crippen LogP contribution in [0.2, 0.25) is 0 Å². The lowest BCUT2D eigenvalue weighted by Crippen LogP contribution is -2.53. The van der Waals surface area contributed by atoms with Gasteiger partial charge in [0.05, 0.1) is 6.17 Å². The van der Waals surface area contributed by atoms with Crippen LogP contribution >= 0.6 is 0 Å². The third-order valence-electron chi connectivity index (χ3n) is 10.1. The molecule has 2 atom stereocenters. The summed E-state index contributed by atoms with van der Waals surface area (Å²) in [5, 5.41) is 12.4. The van der Waals surface area contributed by atoms with E-state index in [4.69, 9.17) is 0 Å². The van der Waals surface area contributed by atoms with Gasteiger partial charge < -0.3 is 10.4 Å². The largest absolute Gasteiger partial charge is 0.481 e. The Labute approximate surface area is 273 Å². The summed E-state index contributed by atoms with van der Waals surface area (Å²) in [7, 11) is 0. The van der Waals surface area contributed by atoms with Crippen molar-refractivity contribution in [2.45, 2.75) is 128 Å². The number of rotatable bonds is 12. The van der Waals surface area contributed by atoms with Gasteiger partial charge in [-0.1, -0.05) is 90.1 Å². The molecule has 2 saturated heterocycles. The number of nitrogens with one attached hydrogen (secondary N) is 1. The number of nitrogens with zero attached hydrogens (tertiary/aromatic N) is 2. The molecule has 2 aromatic carbocycles. The predicted molar refractivity (Wildman–Crippen MR) is 185 cm³/mol. The van der Waals surface area contributed by atoms with Gasteiger partial charge >= 0.3 is 5.97 Å². The number of carboxylic acid groups (broad SMARTS) is 1. The second-order valence-electron chi connectivity index (χ2n) is 15.6. The number of hydrogen-bond acceptors (Lipinski definition) is 4. The van der Waals surface area contributed by atoms with Crippen LogP contribution in [0.3, 0.4) is 0 Å². The standard InChI is InChI=1S/C39H59N3O3/c1-38(2,3)33-16-11-29(12-17-33)31-21-26-42(27-22-31)36-10-7-8-24-41(36)25-9-23-40-35(43)28-32(15-20-37(44)45)30-13-18-34(19-14-30)39(4,5)6/h11-14,16-19,31-32,36H,7-10,15,20-28H2,1-6H3,(H,40,43)(H,44,45). The fraction of sp³-hybridized carbons (Fsp3) is 0.641. The molecule has 0 saturated carbocycles. The van der Waals surface area contributed by atoms with E-state index >= 15 is 0 Å². The van der Waals surface area contributed by atoms with E-state index in [1.807, 2.05) is 0 Å². The van der Waals surface area contributed by atoms with E-state index in [0.717, 1.165) is 38.2 Å². The molecule has 2 aliphatic rings. The van der Waals surface area contributed by atoms with E-state index in [1.54, 1.807) is 0 Å². The van der Waals surface area contributed by atoms with Crippen molar-refractivity contribution in [3.05, 3.63) is 70.8 Å². The molecule has 2 unspecified atom stereocenters. The number of likely N-dealkylation sites (tertiary alicyclic amines) is 2. The zero-order chi connectivity index (χ0) is 32.6. The molecule has 2 heterocycles. The number of benzene rings is 2. The highest BCUT2D eigenvalue weighted by Crippen LogP contribution is 2.33. The Bertz CT molecular complexity index is 1220. The van der Waals surface area contributed by atoms with Crippen LogP contribution in [0.1, 0.15) is 133 Å². The molecule has 1 amide bonds. The van der Waals surface area contributed by atoms with E-state index in [1.165, 1.54) is 48.8 Å². The van der Waals surface area contributed by atoms with Crippen molar-refractivity contribution in [3.8, 4) is 0 Å². The molecule has 6 heteroatoms. The summed E-state index contributed by atoms with van der Waals surface area (Å²) >= 11 is 0. The van der Waals surface area contributed by atoms with Crippen molar-refractivity contribution in [3.63, 3.8) is 0 Å². The molecule has 0 bridgehead atoms. The average molecular weight is 618 g/mol. The highest BCUT2D eigenvalue weighted by atomic mass is 16.4. The highest BCUT2D eigenvalue weighted by Gasteiger charge is 2.31. The number of hydrogen-bond donors (Lipinski definition) is 2. The van der Waals surface area contributed by atoms with E-state index in [0.29, 0.717) is 31.5 Å². The number of piperidine rings is 2. The molecule has 6 nitrogen and oxygen atoms in total. The lowest BCUT2D eigenvalue weighted by Gasteiger charge is -2.45. The Morgan fingerprint density at radius 3 is 2.02 bits per heavy atom. The molecule has 248 valence electrons.